The average molecular weight is 228 g/mol. The van der Waals surface area contributed by atoms with Gasteiger partial charge >= 0.3 is 5.97 Å². The Morgan fingerprint density at radius 1 is 1.38 bits per heavy atom. The van der Waals surface area contributed by atoms with E-state index in [1.807, 2.05) is 0 Å². The quantitative estimate of drug-likeness (QED) is 0.733. The second-order valence-electron chi connectivity index (χ2n) is 4.10. The number of nitrogens with zero attached hydrogens (tertiary/aromatic N) is 1. The molecule has 16 heavy (non-hydrogen) atoms. The minimum Gasteiger partial charge on any atom is -0.480 e. The van der Waals surface area contributed by atoms with Crippen LogP contribution in [-0.2, 0) is 9.59 Å². The van der Waals surface area contributed by atoms with Crippen LogP contribution in [0, 0.1) is 0 Å². The van der Waals surface area contributed by atoms with Crippen LogP contribution < -0.4 is 5.32 Å². The van der Waals surface area contributed by atoms with Gasteiger partial charge in [0, 0.05) is 6.54 Å². The number of likely N-dealkylation sites (N-methyl/N-ethyl adjacent to an activating group) is 1. The fraction of sp³-hybridized carbons (Fsp3) is 0.818. The second-order valence-corrected chi connectivity index (χ2v) is 4.10. The molecule has 1 fully saturated rings. The molecule has 1 heterocycles. The summed E-state index contributed by atoms with van der Waals surface area (Å²) in [5.74, 6) is -1.03. The second kappa shape index (κ2) is 6.48. The highest BCUT2D eigenvalue weighted by molar-refractivity contribution is 5.85. The average Bonchev–Trinajstić information content (AvgIpc) is 2.53. The maximum atomic E-state index is 12.0. The normalized spacial score (nSPS) is 21.2. The van der Waals surface area contributed by atoms with Crippen molar-refractivity contribution < 1.29 is 14.7 Å². The molecule has 5 heteroatoms. The van der Waals surface area contributed by atoms with Gasteiger partial charge in [-0.1, -0.05) is 12.8 Å². The molecule has 1 unspecified atom stereocenters. The molecule has 92 valence electrons. The molecule has 1 aliphatic rings. The first kappa shape index (κ1) is 13.0. The van der Waals surface area contributed by atoms with Gasteiger partial charge in [0.1, 0.15) is 6.54 Å². The van der Waals surface area contributed by atoms with E-state index >= 15 is 0 Å². The Labute approximate surface area is 95.8 Å². The van der Waals surface area contributed by atoms with Gasteiger partial charge in [-0.05, 0) is 26.3 Å². The Morgan fingerprint density at radius 3 is 2.75 bits per heavy atom. The first-order chi connectivity index (χ1) is 7.65. The molecule has 1 amide bonds. The third-order valence-corrected chi connectivity index (χ3v) is 2.88. The van der Waals surface area contributed by atoms with Crippen LogP contribution in [0.5, 0.6) is 0 Å². The largest absolute Gasteiger partial charge is 0.480 e. The van der Waals surface area contributed by atoms with E-state index in [2.05, 4.69) is 5.32 Å². The molecule has 0 aromatic carbocycles. The van der Waals surface area contributed by atoms with E-state index in [0.717, 1.165) is 32.2 Å². The van der Waals surface area contributed by atoms with Crippen molar-refractivity contribution in [3.05, 3.63) is 0 Å². The zero-order chi connectivity index (χ0) is 12.0. The summed E-state index contributed by atoms with van der Waals surface area (Å²) in [6.07, 6.45) is 4.08. The molecule has 1 rings (SSSR count). The van der Waals surface area contributed by atoms with Crippen LogP contribution in [0.3, 0.4) is 0 Å². The molecule has 1 aliphatic heterocycles. The maximum Gasteiger partial charge on any atom is 0.323 e. The van der Waals surface area contributed by atoms with Crippen LogP contribution in [0.1, 0.15) is 32.6 Å². The first-order valence-corrected chi connectivity index (χ1v) is 5.89. The van der Waals surface area contributed by atoms with Gasteiger partial charge in [-0.25, -0.2) is 0 Å². The summed E-state index contributed by atoms with van der Waals surface area (Å²) < 4.78 is 0. The molecule has 0 aliphatic carbocycles. The number of aliphatic carboxylic acids is 1. The third kappa shape index (κ3) is 3.81. The van der Waals surface area contributed by atoms with Crippen LogP contribution in [0.25, 0.3) is 0 Å². The van der Waals surface area contributed by atoms with Crippen LogP contribution in [0.2, 0.25) is 0 Å². The topological polar surface area (TPSA) is 69.6 Å². The van der Waals surface area contributed by atoms with E-state index in [9.17, 15) is 9.59 Å². The third-order valence-electron chi connectivity index (χ3n) is 2.88. The summed E-state index contributed by atoms with van der Waals surface area (Å²) in [6, 6.07) is -0.193. The Kier molecular flexibility index (Phi) is 5.25. The molecule has 0 aromatic rings. The van der Waals surface area contributed by atoms with E-state index in [-0.39, 0.29) is 18.5 Å². The van der Waals surface area contributed by atoms with Gasteiger partial charge in [0.2, 0.25) is 5.91 Å². The van der Waals surface area contributed by atoms with E-state index in [4.69, 9.17) is 5.11 Å². The molecule has 0 bridgehead atoms. The van der Waals surface area contributed by atoms with Crippen molar-refractivity contribution in [1.82, 2.24) is 10.2 Å². The number of carboxylic acids is 1. The maximum absolute atomic E-state index is 12.0. The van der Waals surface area contributed by atoms with Gasteiger partial charge in [-0.3, -0.25) is 9.59 Å². The van der Waals surface area contributed by atoms with Crippen molar-refractivity contribution in [3.63, 3.8) is 0 Å². The number of amides is 1. The van der Waals surface area contributed by atoms with E-state index in [0.29, 0.717) is 6.54 Å². The number of carbonyl (C=O) groups excluding carboxylic acids is 1. The van der Waals surface area contributed by atoms with Gasteiger partial charge < -0.3 is 15.3 Å². The highest BCUT2D eigenvalue weighted by Gasteiger charge is 2.24. The highest BCUT2D eigenvalue weighted by atomic mass is 16.4. The molecule has 2 N–H and O–H groups in total. The molecular weight excluding hydrogens is 208 g/mol. The van der Waals surface area contributed by atoms with Gasteiger partial charge in [0.15, 0.2) is 0 Å². The Hall–Kier alpha value is -1.10. The highest BCUT2D eigenvalue weighted by Crippen LogP contribution is 2.10. The summed E-state index contributed by atoms with van der Waals surface area (Å²) in [4.78, 5) is 24.0. The molecule has 5 nitrogen and oxygen atoms in total. The zero-order valence-corrected chi connectivity index (χ0v) is 9.74. The summed E-state index contributed by atoms with van der Waals surface area (Å²) in [5, 5.41) is 11.9. The smallest absolute Gasteiger partial charge is 0.323 e. The predicted molar refractivity (Wildman–Crippen MR) is 60.1 cm³/mol. The Morgan fingerprint density at radius 2 is 2.12 bits per heavy atom. The van der Waals surface area contributed by atoms with Gasteiger partial charge in [0.25, 0.3) is 0 Å². The fourth-order valence-electron chi connectivity index (χ4n) is 1.97. The molecule has 0 saturated carbocycles. The predicted octanol–water partition coefficient (Wildman–Crippen LogP) is 0.452. The molecule has 1 atom stereocenters. The van der Waals surface area contributed by atoms with Crippen molar-refractivity contribution >= 4 is 11.9 Å². The van der Waals surface area contributed by atoms with E-state index < -0.39 is 5.97 Å². The van der Waals surface area contributed by atoms with Crippen LogP contribution in [0.4, 0.5) is 0 Å². The number of carbonyl (C=O) groups is 2. The van der Waals surface area contributed by atoms with Gasteiger partial charge in [-0.15, -0.1) is 0 Å². The van der Waals surface area contributed by atoms with Gasteiger partial charge in [0.05, 0.1) is 6.04 Å². The molecule has 1 saturated heterocycles. The van der Waals surface area contributed by atoms with Crippen molar-refractivity contribution in [2.45, 2.75) is 38.6 Å². The minimum atomic E-state index is -0.955. The number of carboxylic acid groups (broad SMARTS) is 1. The van der Waals surface area contributed by atoms with Crippen LogP contribution in [0.15, 0.2) is 0 Å². The molecule has 0 spiro atoms. The number of hydrogen-bond acceptors (Lipinski definition) is 3. The van der Waals surface area contributed by atoms with E-state index in [1.54, 1.807) is 6.92 Å². The summed E-state index contributed by atoms with van der Waals surface area (Å²) in [7, 11) is 0. The monoisotopic (exact) mass is 228 g/mol. The van der Waals surface area contributed by atoms with E-state index in [1.165, 1.54) is 4.90 Å². The number of rotatable bonds is 4. The van der Waals surface area contributed by atoms with Crippen molar-refractivity contribution in [2.24, 2.45) is 0 Å². The number of nitrogens with one attached hydrogen (secondary N) is 1. The van der Waals surface area contributed by atoms with Crippen molar-refractivity contribution in [1.29, 1.82) is 0 Å². The first-order valence-electron chi connectivity index (χ1n) is 5.89. The van der Waals surface area contributed by atoms with Crippen LogP contribution >= 0.6 is 0 Å². The molecular formula is C11H20N2O3. The standard InChI is InChI=1S/C11H20N2O3/c1-2-13(8-10(14)15)11(16)9-6-4-3-5-7-12-9/h9,12H,2-8H2,1H3,(H,14,15). The van der Waals surface area contributed by atoms with Gasteiger partial charge in [-0.2, -0.15) is 0 Å². The van der Waals surface area contributed by atoms with Crippen molar-refractivity contribution in [3.8, 4) is 0 Å². The minimum absolute atomic E-state index is 0.0770. The summed E-state index contributed by atoms with van der Waals surface area (Å²) in [5.41, 5.74) is 0. The summed E-state index contributed by atoms with van der Waals surface area (Å²) >= 11 is 0. The zero-order valence-electron chi connectivity index (χ0n) is 9.74. The number of hydrogen-bond donors (Lipinski definition) is 2. The molecule has 0 radical (unpaired) electrons. The van der Waals surface area contributed by atoms with Crippen LogP contribution in [-0.4, -0.2) is 47.6 Å². The van der Waals surface area contributed by atoms with Crippen molar-refractivity contribution in [2.75, 3.05) is 19.6 Å². The Balaban J connectivity index is 2.54. The lowest BCUT2D eigenvalue weighted by Crippen LogP contribution is -2.47. The lowest BCUT2D eigenvalue weighted by atomic mass is 10.1. The lowest BCUT2D eigenvalue weighted by molar-refractivity contribution is -0.145. The summed E-state index contributed by atoms with van der Waals surface area (Å²) in [6.45, 7) is 2.90. The Bertz CT molecular complexity index is 248. The SMILES string of the molecule is CCN(CC(=O)O)C(=O)C1CCCCCN1. The lowest BCUT2D eigenvalue weighted by Gasteiger charge is -2.24. The molecule has 0 aromatic heterocycles. The fourth-order valence-corrected chi connectivity index (χ4v) is 1.97.